The van der Waals surface area contributed by atoms with E-state index in [9.17, 15) is 4.79 Å². The molecule has 1 amide bonds. The molecule has 0 atom stereocenters. The lowest BCUT2D eigenvalue weighted by atomic mass is 10.2. The van der Waals surface area contributed by atoms with Crippen LogP contribution in [0.4, 0.5) is 11.4 Å². The zero-order valence-electron chi connectivity index (χ0n) is 10.1. The number of hydrogen-bond donors (Lipinski definition) is 3. The van der Waals surface area contributed by atoms with Gasteiger partial charge in [-0.1, -0.05) is 30.3 Å². The highest BCUT2D eigenvalue weighted by Gasteiger charge is 2.08. The SMILES string of the molecule is NC(=S)Nc1ccccc1NC(=O)c1ccccc1. The molecule has 0 unspecified atom stereocenters. The van der Waals surface area contributed by atoms with E-state index in [1.807, 2.05) is 30.3 Å². The van der Waals surface area contributed by atoms with Gasteiger partial charge in [0.15, 0.2) is 5.11 Å². The van der Waals surface area contributed by atoms with Crippen LogP contribution in [-0.4, -0.2) is 11.0 Å². The number of anilines is 2. The number of para-hydroxylation sites is 2. The van der Waals surface area contributed by atoms with Gasteiger partial charge in [0.05, 0.1) is 11.4 Å². The Bertz CT molecular complexity index is 599. The van der Waals surface area contributed by atoms with Crippen molar-refractivity contribution in [1.29, 1.82) is 0 Å². The molecule has 96 valence electrons. The Labute approximate surface area is 116 Å². The molecule has 0 saturated carbocycles. The maximum atomic E-state index is 12.0. The van der Waals surface area contributed by atoms with Gasteiger partial charge in [0.2, 0.25) is 0 Å². The Kier molecular flexibility index (Phi) is 4.10. The van der Waals surface area contributed by atoms with Crippen LogP contribution < -0.4 is 16.4 Å². The van der Waals surface area contributed by atoms with E-state index in [4.69, 9.17) is 18.0 Å². The smallest absolute Gasteiger partial charge is 0.255 e. The maximum absolute atomic E-state index is 12.0. The van der Waals surface area contributed by atoms with Gasteiger partial charge >= 0.3 is 0 Å². The van der Waals surface area contributed by atoms with E-state index in [1.54, 1.807) is 24.3 Å². The molecular formula is C14H13N3OS. The van der Waals surface area contributed by atoms with Gasteiger partial charge in [-0.3, -0.25) is 4.79 Å². The monoisotopic (exact) mass is 271 g/mol. The summed E-state index contributed by atoms with van der Waals surface area (Å²) in [5.41, 5.74) is 7.33. The van der Waals surface area contributed by atoms with Crippen LogP contribution >= 0.6 is 12.2 Å². The fourth-order valence-corrected chi connectivity index (χ4v) is 1.73. The molecule has 0 saturated heterocycles. The number of carbonyl (C=O) groups excluding carboxylic acids is 1. The number of rotatable bonds is 3. The van der Waals surface area contributed by atoms with Crippen LogP contribution in [0.2, 0.25) is 0 Å². The number of thiocarbonyl (C=S) groups is 1. The van der Waals surface area contributed by atoms with E-state index in [-0.39, 0.29) is 11.0 Å². The molecular weight excluding hydrogens is 258 g/mol. The minimum atomic E-state index is -0.183. The second kappa shape index (κ2) is 5.97. The van der Waals surface area contributed by atoms with E-state index in [1.165, 1.54) is 0 Å². The highest BCUT2D eigenvalue weighted by Crippen LogP contribution is 2.21. The number of nitrogens with two attached hydrogens (primary N) is 1. The summed E-state index contributed by atoms with van der Waals surface area (Å²) in [6.45, 7) is 0. The van der Waals surface area contributed by atoms with Gasteiger partial charge in [-0.2, -0.15) is 0 Å². The van der Waals surface area contributed by atoms with Gasteiger partial charge in [-0.25, -0.2) is 0 Å². The first-order valence-corrected chi connectivity index (χ1v) is 6.09. The Morgan fingerprint density at radius 1 is 0.895 bits per heavy atom. The molecule has 2 rings (SSSR count). The maximum Gasteiger partial charge on any atom is 0.255 e. The number of carbonyl (C=O) groups is 1. The van der Waals surface area contributed by atoms with Crippen LogP contribution in [0.15, 0.2) is 54.6 Å². The molecule has 4 nitrogen and oxygen atoms in total. The van der Waals surface area contributed by atoms with Gasteiger partial charge in [0.25, 0.3) is 5.91 Å². The summed E-state index contributed by atoms with van der Waals surface area (Å²) in [4.78, 5) is 12.0. The van der Waals surface area contributed by atoms with Gasteiger partial charge in [0, 0.05) is 5.56 Å². The molecule has 0 aliphatic rings. The van der Waals surface area contributed by atoms with Crippen molar-refractivity contribution < 1.29 is 4.79 Å². The zero-order chi connectivity index (χ0) is 13.7. The van der Waals surface area contributed by atoms with Crippen molar-refractivity contribution in [3.05, 3.63) is 60.2 Å². The van der Waals surface area contributed by atoms with Crippen LogP contribution in [0.25, 0.3) is 0 Å². The fraction of sp³-hybridized carbons (Fsp3) is 0. The summed E-state index contributed by atoms with van der Waals surface area (Å²) in [7, 11) is 0. The fourth-order valence-electron chi connectivity index (χ4n) is 1.62. The molecule has 0 spiro atoms. The molecule has 0 aromatic heterocycles. The van der Waals surface area contributed by atoms with Gasteiger partial charge in [-0.05, 0) is 36.5 Å². The van der Waals surface area contributed by atoms with Crippen LogP contribution in [0, 0.1) is 0 Å². The number of benzene rings is 2. The van der Waals surface area contributed by atoms with Gasteiger partial charge in [-0.15, -0.1) is 0 Å². The predicted molar refractivity (Wildman–Crippen MR) is 81.2 cm³/mol. The highest BCUT2D eigenvalue weighted by atomic mass is 32.1. The topological polar surface area (TPSA) is 67.2 Å². The lowest BCUT2D eigenvalue weighted by Crippen LogP contribution is -2.21. The van der Waals surface area contributed by atoms with Crippen LogP contribution in [0.3, 0.4) is 0 Å². The van der Waals surface area contributed by atoms with E-state index in [2.05, 4.69) is 10.6 Å². The van der Waals surface area contributed by atoms with Crippen LogP contribution in [0.5, 0.6) is 0 Å². The summed E-state index contributed by atoms with van der Waals surface area (Å²) in [5.74, 6) is -0.183. The quantitative estimate of drug-likeness (QED) is 0.751. The average Bonchev–Trinajstić information content (AvgIpc) is 2.41. The van der Waals surface area contributed by atoms with Crippen molar-refractivity contribution in [1.82, 2.24) is 0 Å². The Hall–Kier alpha value is -2.40. The van der Waals surface area contributed by atoms with Crippen molar-refractivity contribution in [2.45, 2.75) is 0 Å². The Morgan fingerprint density at radius 2 is 1.42 bits per heavy atom. The summed E-state index contributed by atoms with van der Waals surface area (Å²) in [6, 6.07) is 16.2. The first-order chi connectivity index (χ1) is 9.16. The first kappa shape index (κ1) is 13.0. The van der Waals surface area contributed by atoms with Crippen molar-refractivity contribution in [3.8, 4) is 0 Å². The number of hydrogen-bond acceptors (Lipinski definition) is 2. The zero-order valence-corrected chi connectivity index (χ0v) is 10.9. The standard InChI is InChI=1S/C14H13N3OS/c15-14(19)17-12-9-5-4-8-11(12)16-13(18)10-6-2-1-3-7-10/h1-9H,(H,16,18)(H3,15,17,19). The first-order valence-electron chi connectivity index (χ1n) is 5.68. The van der Waals surface area contributed by atoms with E-state index in [0.29, 0.717) is 16.9 Å². The van der Waals surface area contributed by atoms with Crippen molar-refractivity contribution in [2.75, 3.05) is 10.6 Å². The molecule has 0 aliphatic carbocycles. The van der Waals surface area contributed by atoms with Crippen LogP contribution in [0.1, 0.15) is 10.4 Å². The van der Waals surface area contributed by atoms with Crippen molar-refractivity contribution >= 4 is 34.6 Å². The summed E-state index contributed by atoms with van der Waals surface area (Å²) < 4.78 is 0. The molecule has 0 fully saturated rings. The van der Waals surface area contributed by atoms with Gasteiger partial charge in [0.1, 0.15) is 0 Å². The minimum Gasteiger partial charge on any atom is -0.376 e. The second-order valence-corrected chi connectivity index (χ2v) is 4.29. The summed E-state index contributed by atoms with van der Waals surface area (Å²) in [6.07, 6.45) is 0. The third kappa shape index (κ3) is 3.53. The molecule has 2 aromatic rings. The molecule has 0 bridgehead atoms. The normalized spacial score (nSPS) is 9.68. The molecule has 0 radical (unpaired) electrons. The summed E-state index contributed by atoms with van der Waals surface area (Å²) >= 11 is 4.80. The minimum absolute atomic E-state index is 0.154. The third-order valence-electron chi connectivity index (χ3n) is 2.47. The van der Waals surface area contributed by atoms with Crippen LogP contribution in [-0.2, 0) is 0 Å². The molecule has 5 heteroatoms. The highest BCUT2D eigenvalue weighted by molar-refractivity contribution is 7.80. The average molecular weight is 271 g/mol. The van der Waals surface area contributed by atoms with Crippen molar-refractivity contribution in [3.63, 3.8) is 0 Å². The second-order valence-electron chi connectivity index (χ2n) is 3.85. The van der Waals surface area contributed by atoms with Gasteiger partial charge < -0.3 is 16.4 Å². The van der Waals surface area contributed by atoms with Crippen molar-refractivity contribution in [2.24, 2.45) is 5.73 Å². The summed E-state index contributed by atoms with van der Waals surface area (Å²) in [5, 5.41) is 5.79. The molecule has 19 heavy (non-hydrogen) atoms. The molecule has 0 heterocycles. The molecule has 2 aromatic carbocycles. The number of amides is 1. The van der Waals surface area contributed by atoms with E-state index in [0.717, 1.165) is 0 Å². The molecule has 0 aliphatic heterocycles. The Balaban J connectivity index is 2.19. The lowest BCUT2D eigenvalue weighted by molar-refractivity contribution is 0.102. The predicted octanol–water partition coefficient (Wildman–Crippen LogP) is 2.59. The van der Waals surface area contributed by atoms with E-state index >= 15 is 0 Å². The number of nitrogens with one attached hydrogen (secondary N) is 2. The Morgan fingerprint density at radius 3 is 2.00 bits per heavy atom. The largest absolute Gasteiger partial charge is 0.376 e. The lowest BCUT2D eigenvalue weighted by Gasteiger charge is -2.11. The molecule has 4 N–H and O–H groups in total. The van der Waals surface area contributed by atoms with E-state index < -0.39 is 0 Å². The third-order valence-corrected chi connectivity index (χ3v) is 2.57.